The molecule has 0 radical (unpaired) electrons. The molecule has 0 saturated heterocycles. The number of ether oxygens (including phenoxy) is 1. The molecule has 8 heteroatoms. The first-order valence-electron chi connectivity index (χ1n) is 8.36. The third-order valence-electron chi connectivity index (χ3n) is 3.52. The van der Waals surface area contributed by atoms with Gasteiger partial charge < -0.3 is 20.3 Å². The van der Waals surface area contributed by atoms with Crippen LogP contribution in [0.1, 0.15) is 18.9 Å². The predicted octanol–water partition coefficient (Wildman–Crippen LogP) is 2.42. The van der Waals surface area contributed by atoms with Gasteiger partial charge in [-0.2, -0.15) is 0 Å². The molecule has 0 aliphatic carbocycles. The van der Waals surface area contributed by atoms with Crippen molar-refractivity contribution < 1.29 is 4.74 Å². The Morgan fingerprint density at radius 3 is 2.68 bits per heavy atom. The van der Waals surface area contributed by atoms with Crippen LogP contribution in [-0.2, 0) is 11.2 Å². The minimum absolute atomic E-state index is 0. The molecule has 0 amide bonds. The molecule has 1 heterocycles. The Labute approximate surface area is 173 Å². The molecule has 0 spiro atoms. The molecule has 1 unspecified atom stereocenters. The summed E-state index contributed by atoms with van der Waals surface area (Å²) in [6.07, 6.45) is 3.82. The van der Waals surface area contributed by atoms with E-state index < -0.39 is 0 Å². The third-order valence-corrected chi connectivity index (χ3v) is 3.74. The third kappa shape index (κ3) is 11.6. The smallest absolute Gasteiger partial charge is 0.191 e. The largest absolute Gasteiger partial charge is 0.377 e. The summed E-state index contributed by atoms with van der Waals surface area (Å²) in [5.74, 6) is 0.784. The summed E-state index contributed by atoms with van der Waals surface area (Å²) in [6.45, 7) is 5.26. The molecule has 144 valence electrons. The Bertz CT molecular complexity index is 484. The van der Waals surface area contributed by atoms with Crippen molar-refractivity contribution in [1.82, 2.24) is 20.5 Å². The van der Waals surface area contributed by atoms with E-state index in [-0.39, 0.29) is 30.1 Å². The number of aromatic nitrogens is 1. The highest BCUT2D eigenvalue weighted by molar-refractivity contribution is 14.0. The van der Waals surface area contributed by atoms with Gasteiger partial charge in [0.25, 0.3) is 0 Å². The summed E-state index contributed by atoms with van der Waals surface area (Å²) in [5.41, 5.74) is 1.14. The van der Waals surface area contributed by atoms with Crippen molar-refractivity contribution in [3.05, 3.63) is 29.0 Å². The summed E-state index contributed by atoms with van der Waals surface area (Å²) >= 11 is 5.79. The van der Waals surface area contributed by atoms with Crippen molar-refractivity contribution in [1.29, 1.82) is 0 Å². The number of pyridine rings is 1. The normalized spacial score (nSPS) is 12.6. The Hall–Kier alpha value is -0.640. The topological polar surface area (TPSA) is 61.8 Å². The average Bonchev–Trinajstić information content (AvgIpc) is 2.57. The van der Waals surface area contributed by atoms with Gasteiger partial charge in [-0.15, -0.1) is 24.0 Å². The van der Waals surface area contributed by atoms with Gasteiger partial charge >= 0.3 is 0 Å². The summed E-state index contributed by atoms with van der Waals surface area (Å²) < 4.78 is 5.78. The highest BCUT2D eigenvalue weighted by Crippen LogP contribution is 2.05. The maximum Gasteiger partial charge on any atom is 0.191 e. The van der Waals surface area contributed by atoms with E-state index >= 15 is 0 Å². The highest BCUT2D eigenvalue weighted by atomic mass is 127. The molecule has 6 nitrogen and oxygen atoms in total. The fourth-order valence-electron chi connectivity index (χ4n) is 2.19. The number of nitrogens with zero attached hydrogens (tertiary/aromatic N) is 3. The second-order valence-corrected chi connectivity index (χ2v) is 6.18. The molecule has 1 aromatic heterocycles. The van der Waals surface area contributed by atoms with Crippen molar-refractivity contribution in [3.63, 3.8) is 0 Å². The van der Waals surface area contributed by atoms with Crippen molar-refractivity contribution >= 4 is 41.5 Å². The van der Waals surface area contributed by atoms with Gasteiger partial charge in [-0.25, -0.2) is 4.98 Å². The molecule has 0 saturated carbocycles. The minimum Gasteiger partial charge on any atom is -0.377 e. The van der Waals surface area contributed by atoms with Crippen molar-refractivity contribution in [3.8, 4) is 0 Å². The van der Waals surface area contributed by atoms with Crippen LogP contribution in [0.5, 0.6) is 0 Å². The highest BCUT2D eigenvalue weighted by Gasteiger charge is 2.10. The molecule has 0 aromatic carbocycles. The van der Waals surface area contributed by atoms with E-state index in [1.807, 2.05) is 13.0 Å². The van der Waals surface area contributed by atoms with Crippen LogP contribution in [0.25, 0.3) is 0 Å². The number of nitrogens with one attached hydrogen (secondary N) is 2. The van der Waals surface area contributed by atoms with Crippen LogP contribution in [0.15, 0.2) is 23.3 Å². The summed E-state index contributed by atoms with van der Waals surface area (Å²) in [7, 11) is 5.92. The van der Waals surface area contributed by atoms with Gasteiger partial charge in [0.05, 0.1) is 6.10 Å². The SMILES string of the molecule is CCOC(CCN(C)C)CNC(=NC)NCCc1ccc(Cl)nc1.I. The molecular formula is C17H31ClIN5O. The molecule has 0 aliphatic heterocycles. The van der Waals surface area contributed by atoms with E-state index in [2.05, 4.69) is 39.6 Å². The lowest BCUT2D eigenvalue weighted by atomic mass is 10.2. The van der Waals surface area contributed by atoms with E-state index in [0.29, 0.717) is 5.15 Å². The molecule has 25 heavy (non-hydrogen) atoms. The van der Waals surface area contributed by atoms with E-state index in [9.17, 15) is 0 Å². The van der Waals surface area contributed by atoms with Crippen LogP contribution in [0.4, 0.5) is 0 Å². The van der Waals surface area contributed by atoms with Crippen molar-refractivity contribution in [2.45, 2.75) is 25.9 Å². The zero-order chi connectivity index (χ0) is 17.8. The molecule has 1 atom stereocenters. The van der Waals surface area contributed by atoms with Crippen LogP contribution in [0.3, 0.4) is 0 Å². The Kier molecular flexibility index (Phi) is 14.1. The zero-order valence-electron chi connectivity index (χ0n) is 15.6. The quantitative estimate of drug-likeness (QED) is 0.232. The standard InChI is InChI=1S/C17H30ClN5O.HI/c1-5-24-15(9-11-23(3)4)13-22-17(19-2)20-10-8-14-6-7-16(18)21-12-14;/h6-7,12,15H,5,8-11,13H2,1-4H3,(H2,19,20,22);1H. The number of hydrogen-bond donors (Lipinski definition) is 2. The summed E-state index contributed by atoms with van der Waals surface area (Å²) in [5, 5.41) is 7.16. The van der Waals surface area contributed by atoms with Crippen molar-refractivity contribution in [2.75, 3.05) is 47.4 Å². The van der Waals surface area contributed by atoms with E-state index in [1.54, 1.807) is 19.3 Å². The monoisotopic (exact) mass is 483 g/mol. The van der Waals surface area contributed by atoms with E-state index in [1.165, 1.54) is 0 Å². The van der Waals surface area contributed by atoms with Gasteiger partial charge in [0, 0.05) is 39.5 Å². The molecular weight excluding hydrogens is 453 g/mol. The van der Waals surface area contributed by atoms with Crippen LogP contribution >= 0.6 is 35.6 Å². The van der Waals surface area contributed by atoms with Gasteiger partial charge in [-0.05, 0) is 45.5 Å². The van der Waals surface area contributed by atoms with Crippen LogP contribution in [-0.4, -0.2) is 69.3 Å². The summed E-state index contributed by atoms with van der Waals surface area (Å²) in [6, 6.07) is 3.79. The number of aliphatic imine (C=N–C) groups is 1. The molecule has 2 N–H and O–H groups in total. The summed E-state index contributed by atoms with van der Waals surface area (Å²) in [4.78, 5) is 10.5. The van der Waals surface area contributed by atoms with Gasteiger partial charge in [0.1, 0.15) is 5.15 Å². The molecule has 1 rings (SSSR count). The predicted molar refractivity (Wildman–Crippen MR) is 116 cm³/mol. The first-order valence-corrected chi connectivity index (χ1v) is 8.74. The average molecular weight is 484 g/mol. The lowest BCUT2D eigenvalue weighted by molar-refractivity contribution is 0.0548. The first-order chi connectivity index (χ1) is 11.5. The second-order valence-electron chi connectivity index (χ2n) is 5.79. The second kappa shape index (κ2) is 14.5. The number of rotatable bonds is 10. The van der Waals surface area contributed by atoms with E-state index in [4.69, 9.17) is 16.3 Å². The first kappa shape index (κ1) is 24.4. The maximum absolute atomic E-state index is 5.79. The van der Waals surface area contributed by atoms with Gasteiger partial charge in [0.15, 0.2) is 5.96 Å². The fraction of sp³-hybridized carbons (Fsp3) is 0.647. The van der Waals surface area contributed by atoms with Crippen molar-refractivity contribution in [2.24, 2.45) is 4.99 Å². The zero-order valence-corrected chi connectivity index (χ0v) is 18.7. The van der Waals surface area contributed by atoms with Gasteiger partial charge in [-0.3, -0.25) is 4.99 Å². The lowest BCUT2D eigenvalue weighted by Gasteiger charge is -2.21. The molecule has 0 fully saturated rings. The Balaban J connectivity index is 0.00000576. The van der Waals surface area contributed by atoms with Crippen LogP contribution in [0, 0.1) is 0 Å². The fourth-order valence-corrected chi connectivity index (χ4v) is 2.30. The Morgan fingerprint density at radius 2 is 2.12 bits per heavy atom. The van der Waals surface area contributed by atoms with Crippen LogP contribution in [0.2, 0.25) is 5.15 Å². The Morgan fingerprint density at radius 1 is 1.36 bits per heavy atom. The minimum atomic E-state index is 0. The maximum atomic E-state index is 5.79. The van der Waals surface area contributed by atoms with Gasteiger partial charge in [-0.1, -0.05) is 17.7 Å². The number of hydrogen-bond acceptors (Lipinski definition) is 4. The van der Waals surface area contributed by atoms with Crippen LogP contribution < -0.4 is 10.6 Å². The number of guanidine groups is 1. The molecule has 0 aliphatic rings. The molecule has 0 bridgehead atoms. The number of halogens is 2. The molecule has 1 aromatic rings. The lowest BCUT2D eigenvalue weighted by Crippen LogP contribution is -2.43. The van der Waals surface area contributed by atoms with E-state index in [0.717, 1.165) is 50.6 Å². The van der Waals surface area contributed by atoms with Gasteiger partial charge in [0.2, 0.25) is 0 Å².